The highest BCUT2D eigenvalue weighted by atomic mass is 16.6. The number of carboxylic acids is 1. The van der Waals surface area contributed by atoms with Gasteiger partial charge in [-0.1, -0.05) is 31.4 Å². The van der Waals surface area contributed by atoms with Gasteiger partial charge in [0.05, 0.1) is 24.4 Å². The zero-order valence-corrected chi connectivity index (χ0v) is 26.3. The number of carbonyl (C=O) groups excluding carboxylic acids is 1. The van der Waals surface area contributed by atoms with Crippen LogP contribution in [0.4, 0.5) is 4.79 Å². The van der Waals surface area contributed by atoms with Gasteiger partial charge in [-0.15, -0.1) is 0 Å². The fourth-order valence-electron chi connectivity index (χ4n) is 6.57. The Morgan fingerprint density at radius 1 is 1.14 bits per heavy atom. The van der Waals surface area contributed by atoms with Crippen LogP contribution in [0.25, 0.3) is 22.2 Å². The first-order chi connectivity index (χ1) is 20.5. The van der Waals surface area contributed by atoms with Crippen molar-refractivity contribution >= 4 is 23.0 Å². The van der Waals surface area contributed by atoms with Crippen LogP contribution < -0.4 is 14.8 Å². The van der Waals surface area contributed by atoms with Crippen molar-refractivity contribution in [3.63, 3.8) is 0 Å². The van der Waals surface area contributed by atoms with Gasteiger partial charge >= 0.3 is 12.1 Å². The molecular formula is C34H45N3O6. The molecule has 2 heterocycles. The summed E-state index contributed by atoms with van der Waals surface area (Å²) in [7, 11) is 3.69. The van der Waals surface area contributed by atoms with Crippen molar-refractivity contribution in [3.8, 4) is 22.8 Å². The third kappa shape index (κ3) is 6.47. The molecule has 1 amide bonds. The summed E-state index contributed by atoms with van der Waals surface area (Å²) in [5.41, 5.74) is 5.11. The average Bonchev–Trinajstić information content (AvgIpc) is 3.25. The molecule has 2 N–H and O–H groups in total. The van der Waals surface area contributed by atoms with Gasteiger partial charge in [-0.05, 0) is 82.8 Å². The van der Waals surface area contributed by atoms with Crippen LogP contribution >= 0.6 is 0 Å². The summed E-state index contributed by atoms with van der Waals surface area (Å²) in [6, 6.07) is 9.51. The van der Waals surface area contributed by atoms with Gasteiger partial charge in [0.1, 0.15) is 12.2 Å². The average molecular weight is 592 g/mol. The Morgan fingerprint density at radius 3 is 2.56 bits per heavy atom. The predicted octanol–water partition coefficient (Wildman–Crippen LogP) is 6.59. The molecule has 1 aliphatic carbocycles. The quantitative estimate of drug-likeness (QED) is 0.320. The van der Waals surface area contributed by atoms with Crippen LogP contribution in [0.5, 0.6) is 11.5 Å². The van der Waals surface area contributed by atoms with E-state index in [1.54, 1.807) is 13.2 Å². The van der Waals surface area contributed by atoms with Crippen molar-refractivity contribution in [2.75, 3.05) is 33.9 Å². The van der Waals surface area contributed by atoms with Gasteiger partial charge in [0, 0.05) is 36.1 Å². The van der Waals surface area contributed by atoms with E-state index < -0.39 is 17.7 Å². The number of rotatable bonds is 7. The highest BCUT2D eigenvalue weighted by molar-refractivity contribution is 5.99. The minimum atomic E-state index is -0.939. The van der Waals surface area contributed by atoms with Crippen molar-refractivity contribution in [2.24, 2.45) is 0 Å². The van der Waals surface area contributed by atoms with E-state index in [4.69, 9.17) is 14.2 Å². The molecule has 1 saturated carbocycles. The number of nitrogens with one attached hydrogen (secondary N) is 1. The molecule has 0 unspecified atom stereocenters. The number of hydrogen-bond acceptors (Lipinski definition) is 6. The number of fused-ring (bicyclic) bond motifs is 5. The van der Waals surface area contributed by atoms with Gasteiger partial charge in [0.2, 0.25) is 0 Å². The standard InChI is InChI=1S/C34H45N3O6/c1-21-12-15-27(41-6)31-28(21)30-29(22-10-8-7-9-11-22)25-14-13-23(32(38)39)18-26(25)37(30)19-24(20-42-31)36(5)17-16-35-33(40)43-34(2,3)4/h12-15,18,22,24H,7-11,16-17,19-20H2,1-6H3,(H,35,40)(H,38,39)/t24-/m1/s1. The molecule has 0 spiro atoms. The number of aromatic nitrogens is 1. The Morgan fingerprint density at radius 2 is 1.88 bits per heavy atom. The summed E-state index contributed by atoms with van der Waals surface area (Å²) in [4.78, 5) is 26.6. The molecule has 1 aromatic heterocycles. The highest BCUT2D eigenvalue weighted by Crippen LogP contribution is 2.50. The maximum atomic E-state index is 12.3. The van der Waals surface area contributed by atoms with Gasteiger partial charge in [0.15, 0.2) is 11.5 Å². The first-order valence-electron chi connectivity index (χ1n) is 15.4. The van der Waals surface area contributed by atoms with E-state index >= 15 is 0 Å². The monoisotopic (exact) mass is 591 g/mol. The molecule has 9 nitrogen and oxygen atoms in total. The van der Waals surface area contributed by atoms with Crippen LogP contribution in [0, 0.1) is 6.92 Å². The SMILES string of the molecule is COc1ccc(C)c2c1OC[C@H](N(C)CCNC(=O)OC(C)(C)C)Cn1c-2c(C2CCCCC2)c2ccc(C(=O)O)cc21. The van der Waals surface area contributed by atoms with E-state index in [1.165, 1.54) is 24.8 Å². The Balaban J connectivity index is 1.62. The number of nitrogens with zero attached hydrogens (tertiary/aromatic N) is 2. The highest BCUT2D eigenvalue weighted by Gasteiger charge is 2.33. The second-order valence-corrected chi connectivity index (χ2v) is 12.9. The number of ether oxygens (including phenoxy) is 3. The maximum Gasteiger partial charge on any atom is 0.407 e. The fraction of sp³-hybridized carbons (Fsp3) is 0.529. The van der Waals surface area contributed by atoms with Gasteiger partial charge < -0.3 is 29.2 Å². The molecule has 232 valence electrons. The molecule has 2 aliphatic rings. The van der Waals surface area contributed by atoms with Gasteiger partial charge in [-0.2, -0.15) is 0 Å². The molecule has 5 rings (SSSR count). The number of likely N-dealkylation sites (N-methyl/N-ethyl adjacent to an activating group) is 1. The summed E-state index contributed by atoms with van der Waals surface area (Å²) >= 11 is 0. The van der Waals surface area contributed by atoms with Gasteiger partial charge in [-0.3, -0.25) is 4.90 Å². The van der Waals surface area contributed by atoms with Crippen molar-refractivity contribution < 1.29 is 28.9 Å². The minimum absolute atomic E-state index is 0.0687. The normalized spacial score (nSPS) is 17.4. The zero-order chi connectivity index (χ0) is 30.9. The fourth-order valence-corrected chi connectivity index (χ4v) is 6.57. The molecule has 0 radical (unpaired) electrons. The number of aromatic carboxylic acids is 1. The minimum Gasteiger partial charge on any atom is -0.493 e. The van der Waals surface area contributed by atoms with E-state index in [2.05, 4.69) is 27.8 Å². The molecule has 0 bridgehead atoms. The van der Waals surface area contributed by atoms with Crippen LogP contribution in [0.2, 0.25) is 0 Å². The lowest BCUT2D eigenvalue weighted by molar-refractivity contribution is 0.0516. The summed E-state index contributed by atoms with van der Waals surface area (Å²) < 4.78 is 20.2. The molecular weight excluding hydrogens is 546 g/mol. The third-order valence-corrected chi connectivity index (χ3v) is 8.72. The first-order valence-corrected chi connectivity index (χ1v) is 15.4. The number of carboxylic acid groups (broad SMARTS) is 1. The van der Waals surface area contributed by atoms with Crippen LogP contribution in [0.15, 0.2) is 30.3 Å². The largest absolute Gasteiger partial charge is 0.493 e. The lowest BCUT2D eigenvalue weighted by atomic mass is 9.81. The number of benzene rings is 2. The molecule has 9 heteroatoms. The van der Waals surface area contributed by atoms with E-state index in [1.807, 2.05) is 46.0 Å². The van der Waals surface area contributed by atoms with Crippen LogP contribution in [-0.4, -0.2) is 72.1 Å². The van der Waals surface area contributed by atoms with E-state index in [9.17, 15) is 14.7 Å². The van der Waals surface area contributed by atoms with Crippen molar-refractivity contribution in [1.29, 1.82) is 0 Å². The summed E-state index contributed by atoms with van der Waals surface area (Å²) in [6.07, 6.45) is 5.36. The van der Waals surface area contributed by atoms with E-state index in [0.717, 1.165) is 40.6 Å². The number of hydrogen-bond donors (Lipinski definition) is 2. The number of alkyl carbamates (subject to hydrolysis) is 1. The summed E-state index contributed by atoms with van der Waals surface area (Å²) in [5, 5.41) is 13.9. The van der Waals surface area contributed by atoms with Gasteiger partial charge in [0.25, 0.3) is 0 Å². The van der Waals surface area contributed by atoms with E-state index in [0.29, 0.717) is 43.7 Å². The molecule has 0 saturated heterocycles. The van der Waals surface area contributed by atoms with Crippen molar-refractivity contribution in [1.82, 2.24) is 14.8 Å². The second kappa shape index (κ2) is 12.5. The topological polar surface area (TPSA) is 102 Å². The molecule has 1 fully saturated rings. The lowest BCUT2D eigenvalue weighted by Gasteiger charge is -2.33. The maximum absolute atomic E-state index is 12.3. The Labute approximate surface area is 254 Å². The lowest BCUT2D eigenvalue weighted by Crippen LogP contribution is -2.45. The Bertz CT molecular complexity index is 1500. The van der Waals surface area contributed by atoms with Crippen LogP contribution in [0.3, 0.4) is 0 Å². The number of methoxy groups -OCH3 is 1. The molecule has 43 heavy (non-hydrogen) atoms. The molecule has 2 aromatic carbocycles. The number of aryl methyl sites for hydroxylation is 1. The number of amides is 1. The smallest absolute Gasteiger partial charge is 0.407 e. The molecule has 1 aliphatic heterocycles. The molecule has 1 atom stereocenters. The third-order valence-electron chi connectivity index (χ3n) is 8.72. The van der Waals surface area contributed by atoms with Crippen LogP contribution in [0.1, 0.15) is 80.3 Å². The second-order valence-electron chi connectivity index (χ2n) is 12.9. The Hall–Kier alpha value is -3.72. The van der Waals surface area contributed by atoms with Crippen LogP contribution in [-0.2, 0) is 11.3 Å². The zero-order valence-electron chi connectivity index (χ0n) is 26.3. The predicted molar refractivity (Wildman–Crippen MR) is 168 cm³/mol. The molecule has 3 aromatic rings. The summed E-state index contributed by atoms with van der Waals surface area (Å²) in [6.45, 7) is 9.61. The number of carbonyl (C=O) groups is 2. The first kappa shape index (κ1) is 30.7. The summed E-state index contributed by atoms with van der Waals surface area (Å²) in [5.74, 6) is 0.821. The Kier molecular flexibility index (Phi) is 8.92. The van der Waals surface area contributed by atoms with E-state index in [-0.39, 0.29) is 11.6 Å². The van der Waals surface area contributed by atoms with Gasteiger partial charge in [-0.25, -0.2) is 9.59 Å². The van der Waals surface area contributed by atoms with Crippen molar-refractivity contribution in [2.45, 2.75) is 83.9 Å². The van der Waals surface area contributed by atoms with Crippen molar-refractivity contribution in [3.05, 3.63) is 47.0 Å².